The minimum Gasteiger partial charge on any atom is -0.330 e. The van der Waals surface area contributed by atoms with E-state index < -0.39 is 0 Å². The van der Waals surface area contributed by atoms with Crippen LogP contribution in [0.4, 0.5) is 5.69 Å². The van der Waals surface area contributed by atoms with E-state index >= 15 is 0 Å². The molecule has 0 spiro atoms. The summed E-state index contributed by atoms with van der Waals surface area (Å²) >= 11 is 0. The van der Waals surface area contributed by atoms with E-state index in [1.165, 1.54) is 5.56 Å². The third kappa shape index (κ3) is 2.72. The van der Waals surface area contributed by atoms with Crippen LogP contribution >= 0.6 is 0 Å². The van der Waals surface area contributed by atoms with Crippen molar-refractivity contribution in [3.63, 3.8) is 0 Å². The minimum absolute atomic E-state index is 0.231. The first-order chi connectivity index (χ1) is 9.78. The molecule has 1 amide bonds. The van der Waals surface area contributed by atoms with Crippen LogP contribution in [0.1, 0.15) is 18.4 Å². The third-order valence-corrected chi connectivity index (χ3v) is 4.47. The van der Waals surface area contributed by atoms with E-state index in [1.54, 1.807) is 0 Å². The Labute approximate surface area is 120 Å². The lowest BCUT2D eigenvalue weighted by atomic mass is 10.0. The quantitative estimate of drug-likeness (QED) is 0.901. The summed E-state index contributed by atoms with van der Waals surface area (Å²) in [6.07, 6.45) is 3.27. The number of benzene rings is 1. The fourth-order valence-corrected chi connectivity index (χ4v) is 3.32. The van der Waals surface area contributed by atoms with E-state index in [9.17, 15) is 4.79 Å². The summed E-state index contributed by atoms with van der Waals surface area (Å²) in [5.41, 5.74) is 8.12. The van der Waals surface area contributed by atoms with Crippen LogP contribution in [0.2, 0.25) is 0 Å². The fraction of sp³-hybridized carbons (Fsp3) is 0.562. The molecule has 1 atom stereocenters. The fourth-order valence-electron chi connectivity index (χ4n) is 3.32. The van der Waals surface area contributed by atoms with Gasteiger partial charge >= 0.3 is 0 Å². The number of amides is 1. The summed E-state index contributed by atoms with van der Waals surface area (Å²) < 4.78 is 0. The minimum atomic E-state index is 0.231. The van der Waals surface area contributed by atoms with E-state index in [1.807, 2.05) is 11.0 Å². The van der Waals surface area contributed by atoms with Crippen molar-refractivity contribution in [2.45, 2.75) is 19.3 Å². The maximum Gasteiger partial charge on any atom is 0.241 e. The molecule has 0 aliphatic carbocycles. The molecule has 4 nitrogen and oxygen atoms in total. The van der Waals surface area contributed by atoms with Crippen LogP contribution < -0.4 is 10.6 Å². The Morgan fingerprint density at radius 2 is 2.15 bits per heavy atom. The van der Waals surface area contributed by atoms with Gasteiger partial charge in [0.1, 0.15) is 0 Å². The molecule has 1 aromatic carbocycles. The number of fused-ring (bicyclic) bond motifs is 1. The SMILES string of the molecule is NCC1CCN(CC(=O)N2CCCc3ccccc32)C1. The Hall–Kier alpha value is -1.39. The van der Waals surface area contributed by atoms with Gasteiger partial charge in [-0.15, -0.1) is 0 Å². The molecule has 4 heteroatoms. The molecule has 1 saturated heterocycles. The number of carbonyl (C=O) groups excluding carboxylic acids is 1. The molecule has 2 N–H and O–H groups in total. The van der Waals surface area contributed by atoms with Gasteiger partial charge in [-0.3, -0.25) is 9.69 Å². The number of nitrogens with zero attached hydrogens (tertiary/aromatic N) is 2. The van der Waals surface area contributed by atoms with Gasteiger partial charge in [0.2, 0.25) is 5.91 Å². The number of hydrogen-bond donors (Lipinski definition) is 1. The van der Waals surface area contributed by atoms with Gasteiger partial charge in [-0.1, -0.05) is 18.2 Å². The molecule has 2 aliphatic rings. The molecule has 1 unspecified atom stereocenters. The Morgan fingerprint density at radius 1 is 1.30 bits per heavy atom. The zero-order valence-corrected chi connectivity index (χ0v) is 11.9. The standard InChI is InChI=1S/C16H23N3O/c17-10-13-7-9-18(11-13)12-16(20)19-8-3-5-14-4-1-2-6-15(14)19/h1-2,4,6,13H,3,5,7-12,17H2. The molecule has 2 aliphatic heterocycles. The summed E-state index contributed by atoms with van der Waals surface area (Å²) in [6, 6.07) is 8.28. The van der Waals surface area contributed by atoms with Gasteiger partial charge in [-0.2, -0.15) is 0 Å². The van der Waals surface area contributed by atoms with Gasteiger partial charge in [-0.05, 0) is 49.9 Å². The topological polar surface area (TPSA) is 49.6 Å². The molecule has 0 saturated carbocycles. The van der Waals surface area contributed by atoms with Gasteiger partial charge < -0.3 is 10.6 Å². The van der Waals surface area contributed by atoms with Crippen molar-refractivity contribution in [3.8, 4) is 0 Å². The van der Waals surface area contributed by atoms with Gasteiger partial charge in [0.25, 0.3) is 0 Å². The van der Waals surface area contributed by atoms with E-state index in [0.717, 1.165) is 51.1 Å². The lowest BCUT2D eigenvalue weighted by molar-refractivity contribution is -0.119. The van der Waals surface area contributed by atoms with Crippen LogP contribution in [0.15, 0.2) is 24.3 Å². The number of hydrogen-bond acceptors (Lipinski definition) is 3. The second-order valence-electron chi connectivity index (χ2n) is 5.90. The van der Waals surface area contributed by atoms with E-state index in [0.29, 0.717) is 12.5 Å². The molecule has 1 fully saturated rings. The Kier molecular flexibility index (Phi) is 4.03. The van der Waals surface area contributed by atoms with Gasteiger partial charge in [-0.25, -0.2) is 0 Å². The molecule has 108 valence electrons. The highest BCUT2D eigenvalue weighted by molar-refractivity contribution is 5.95. The Morgan fingerprint density at radius 3 is 2.95 bits per heavy atom. The largest absolute Gasteiger partial charge is 0.330 e. The molecule has 0 aromatic heterocycles. The maximum atomic E-state index is 12.6. The zero-order valence-electron chi connectivity index (χ0n) is 11.9. The van der Waals surface area contributed by atoms with Crippen molar-refractivity contribution in [2.75, 3.05) is 37.6 Å². The van der Waals surface area contributed by atoms with Crippen LogP contribution in [0, 0.1) is 5.92 Å². The van der Waals surface area contributed by atoms with Crippen molar-refractivity contribution < 1.29 is 4.79 Å². The molecule has 3 rings (SSSR count). The maximum absolute atomic E-state index is 12.6. The third-order valence-electron chi connectivity index (χ3n) is 4.47. The van der Waals surface area contributed by atoms with Gasteiger partial charge in [0.05, 0.1) is 6.54 Å². The average molecular weight is 273 g/mol. The van der Waals surface area contributed by atoms with E-state index in [4.69, 9.17) is 5.73 Å². The lowest BCUT2D eigenvalue weighted by Crippen LogP contribution is -2.42. The Balaban J connectivity index is 1.67. The lowest BCUT2D eigenvalue weighted by Gasteiger charge is -2.31. The normalized spacial score (nSPS) is 22.9. The summed E-state index contributed by atoms with van der Waals surface area (Å²) in [4.78, 5) is 16.8. The van der Waals surface area contributed by atoms with Crippen molar-refractivity contribution >= 4 is 11.6 Å². The number of likely N-dealkylation sites (tertiary alicyclic amines) is 1. The number of aryl methyl sites for hydroxylation is 1. The summed E-state index contributed by atoms with van der Waals surface area (Å²) in [6.45, 7) is 4.09. The summed E-state index contributed by atoms with van der Waals surface area (Å²) in [7, 11) is 0. The van der Waals surface area contributed by atoms with Crippen LogP contribution in [0.5, 0.6) is 0 Å². The highest BCUT2D eigenvalue weighted by Crippen LogP contribution is 2.27. The number of para-hydroxylation sites is 1. The number of carbonyl (C=O) groups is 1. The van der Waals surface area contributed by atoms with Crippen LogP contribution in [0.25, 0.3) is 0 Å². The molecule has 0 bridgehead atoms. The summed E-state index contributed by atoms with van der Waals surface area (Å²) in [5, 5.41) is 0. The average Bonchev–Trinajstić information content (AvgIpc) is 2.94. The second kappa shape index (κ2) is 5.94. The number of anilines is 1. The number of nitrogens with two attached hydrogens (primary N) is 1. The van der Waals surface area contributed by atoms with Crippen molar-refractivity contribution in [2.24, 2.45) is 11.7 Å². The predicted molar refractivity (Wildman–Crippen MR) is 80.7 cm³/mol. The van der Waals surface area contributed by atoms with Crippen molar-refractivity contribution in [3.05, 3.63) is 29.8 Å². The Bertz CT molecular complexity index is 488. The van der Waals surface area contributed by atoms with Gasteiger partial charge in [0.15, 0.2) is 0 Å². The monoisotopic (exact) mass is 273 g/mol. The summed E-state index contributed by atoms with van der Waals surface area (Å²) in [5.74, 6) is 0.797. The van der Waals surface area contributed by atoms with E-state index in [2.05, 4.69) is 23.1 Å². The molecule has 2 heterocycles. The molecule has 1 aromatic rings. The first-order valence-corrected chi connectivity index (χ1v) is 7.58. The van der Waals surface area contributed by atoms with Gasteiger partial charge in [0, 0.05) is 18.8 Å². The first-order valence-electron chi connectivity index (χ1n) is 7.58. The van der Waals surface area contributed by atoms with Crippen LogP contribution in [-0.4, -0.2) is 43.5 Å². The van der Waals surface area contributed by atoms with Crippen LogP contribution in [0.3, 0.4) is 0 Å². The number of rotatable bonds is 3. The first kappa shape index (κ1) is 13.6. The molecule has 0 radical (unpaired) electrons. The van der Waals surface area contributed by atoms with Crippen LogP contribution in [-0.2, 0) is 11.2 Å². The predicted octanol–water partition coefficient (Wildman–Crippen LogP) is 1.25. The zero-order chi connectivity index (χ0) is 13.9. The molecular weight excluding hydrogens is 250 g/mol. The molecular formula is C16H23N3O. The second-order valence-corrected chi connectivity index (χ2v) is 5.90. The van der Waals surface area contributed by atoms with Crippen molar-refractivity contribution in [1.82, 2.24) is 4.90 Å². The highest BCUT2D eigenvalue weighted by atomic mass is 16.2. The van der Waals surface area contributed by atoms with Crippen molar-refractivity contribution in [1.29, 1.82) is 0 Å². The molecule has 20 heavy (non-hydrogen) atoms. The highest BCUT2D eigenvalue weighted by Gasteiger charge is 2.27. The van der Waals surface area contributed by atoms with E-state index in [-0.39, 0.29) is 5.91 Å². The smallest absolute Gasteiger partial charge is 0.241 e.